The second kappa shape index (κ2) is 7.01. The van der Waals surface area contributed by atoms with Gasteiger partial charge in [-0.3, -0.25) is 0 Å². The Morgan fingerprint density at radius 2 is 1.93 bits per heavy atom. The Kier molecular flexibility index (Phi) is 4.66. The Balaban J connectivity index is 1.93. The van der Waals surface area contributed by atoms with Gasteiger partial charge in [0, 0.05) is 4.88 Å². The molecule has 0 fully saturated rings. The smallest absolute Gasteiger partial charge is 0.352 e. The molecule has 1 aromatic carbocycles. The molecule has 0 N–H and O–H groups in total. The van der Waals surface area contributed by atoms with E-state index >= 15 is 0 Å². The number of hydrogen-bond acceptors (Lipinski definition) is 6. The monoisotopic (exact) mass is 433 g/mol. The number of nitro groups is 1. The summed E-state index contributed by atoms with van der Waals surface area (Å²) in [5.74, 6) is -0.994. The van der Waals surface area contributed by atoms with Gasteiger partial charge >= 0.3 is 5.82 Å². The van der Waals surface area contributed by atoms with Gasteiger partial charge in [-0.1, -0.05) is 35.9 Å². The van der Waals surface area contributed by atoms with Crippen molar-refractivity contribution in [2.75, 3.05) is 0 Å². The number of fused-ring (bicyclic) bond motifs is 1. The number of pyridine rings is 1. The molecule has 4 aromatic rings. The van der Waals surface area contributed by atoms with E-state index in [0.717, 1.165) is 4.88 Å². The highest BCUT2D eigenvalue weighted by Gasteiger charge is 2.30. The number of rotatable bonds is 5. The first-order valence-electron chi connectivity index (χ1n) is 8.03. The van der Waals surface area contributed by atoms with Gasteiger partial charge in [0.15, 0.2) is 15.5 Å². The van der Waals surface area contributed by atoms with Gasteiger partial charge < -0.3 is 10.1 Å². The fourth-order valence-corrected chi connectivity index (χ4v) is 5.18. The van der Waals surface area contributed by atoms with Crippen LogP contribution in [0.3, 0.4) is 0 Å². The van der Waals surface area contributed by atoms with Gasteiger partial charge in [-0.05, 0) is 34.6 Å². The fraction of sp³-hybridized carbons (Fsp3) is 0.0556. The van der Waals surface area contributed by atoms with Crippen molar-refractivity contribution in [3.8, 4) is 10.4 Å². The lowest BCUT2D eigenvalue weighted by Crippen LogP contribution is -2.07. The summed E-state index contributed by atoms with van der Waals surface area (Å²) >= 11 is 7.60. The van der Waals surface area contributed by atoms with E-state index in [2.05, 4.69) is 4.98 Å². The van der Waals surface area contributed by atoms with Crippen molar-refractivity contribution in [1.82, 2.24) is 9.38 Å². The number of halogens is 1. The molecule has 0 spiro atoms. The first kappa shape index (κ1) is 18.6. The predicted molar refractivity (Wildman–Crippen MR) is 108 cm³/mol. The molecule has 7 nitrogen and oxygen atoms in total. The number of imidazole rings is 1. The van der Waals surface area contributed by atoms with Crippen LogP contribution in [-0.2, 0) is 15.6 Å². The fourth-order valence-electron chi connectivity index (χ4n) is 2.94. The predicted octanol–water partition coefficient (Wildman–Crippen LogP) is 4.60. The van der Waals surface area contributed by atoms with Gasteiger partial charge in [0.2, 0.25) is 5.65 Å². The quantitative estimate of drug-likeness (QED) is 0.338. The lowest BCUT2D eigenvalue weighted by Gasteiger charge is -2.02. The zero-order chi connectivity index (χ0) is 19.9. The molecule has 0 aliphatic rings. The summed E-state index contributed by atoms with van der Waals surface area (Å²) in [4.78, 5) is 16.3. The van der Waals surface area contributed by atoms with E-state index < -0.39 is 26.3 Å². The number of benzene rings is 1. The van der Waals surface area contributed by atoms with E-state index in [1.165, 1.54) is 34.1 Å². The molecule has 0 bridgehead atoms. The van der Waals surface area contributed by atoms with E-state index in [4.69, 9.17) is 11.6 Å². The molecular formula is C18H12ClN3O4S2. The highest BCUT2D eigenvalue weighted by molar-refractivity contribution is 7.90. The van der Waals surface area contributed by atoms with Crippen LogP contribution in [-0.4, -0.2) is 22.7 Å². The third kappa shape index (κ3) is 3.28. The Hall–Kier alpha value is -2.75. The number of hydrogen-bond donors (Lipinski definition) is 0. The van der Waals surface area contributed by atoms with Gasteiger partial charge in [0.1, 0.15) is 11.9 Å². The SMILES string of the molecule is O=[N+]([O-])c1c(CS(=O)(=O)c2ccccc2)nc2c(-c3cccs3)cc(Cl)cn12. The van der Waals surface area contributed by atoms with Crippen LogP contribution in [0.15, 0.2) is 65.0 Å². The summed E-state index contributed by atoms with van der Waals surface area (Å²) in [6, 6.07) is 13.1. The van der Waals surface area contributed by atoms with Crippen LogP contribution in [0.1, 0.15) is 5.69 Å². The molecular weight excluding hydrogens is 422 g/mol. The minimum Gasteiger partial charge on any atom is -0.358 e. The highest BCUT2D eigenvalue weighted by Crippen LogP contribution is 2.35. The molecule has 0 saturated heterocycles. The second-order valence-electron chi connectivity index (χ2n) is 5.95. The molecule has 10 heteroatoms. The zero-order valence-electron chi connectivity index (χ0n) is 14.1. The van der Waals surface area contributed by atoms with Crippen LogP contribution in [0.25, 0.3) is 16.1 Å². The van der Waals surface area contributed by atoms with Crippen LogP contribution in [0.5, 0.6) is 0 Å². The number of thiophene rings is 1. The summed E-state index contributed by atoms with van der Waals surface area (Å²) < 4.78 is 26.7. The van der Waals surface area contributed by atoms with Crippen molar-refractivity contribution in [2.45, 2.75) is 10.6 Å². The number of sulfone groups is 1. The standard InChI is InChI=1S/C18H12ClN3O4S2/c19-12-9-14(16-7-4-8-27-16)17-20-15(18(22(23)24)21(17)10-12)11-28(25,26)13-5-2-1-3-6-13/h1-10H,11H2. The highest BCUT2D eigenvalue weighted by atomic mass is 35.5. The maximum Gasteiger partial charge on any atom is 0.352 e. The van der Waals surface area contributed by atoms with Crippen molar-refractivity contribution >= 4 is 44.2 Å². The molecule has 4 rings (SSSR count). The van der Waals surface area contributed by atoms with Gasteiger partial charge in [-0.2, -0.15) is 4.40 Å². The van der Waals surface area contributed by atoms with E-state index in [-0.39, 0.29) is 21.3 Å². The number of nitrogens with zero attached hydrogens (tertiary/aromatic N) is 3. The first-order valence-corrected chi connectivity index (χ1v) is 10.9. The zero-order valence-corrected chi connectivity index (χ0v) is 16.5. The lowest BCUT2D eigenvalue weighted by molar-refractivity contribution is -0.391. The van der Waals surface area contributed by atoms with Gasteiger partial charge in [-0.15, -0.1) is 11.3 Å². The van der Waals surface area contributed by atoms with E-state index in [1.807, 2.05) is 17.5 Å². The molecule has 28 heavy (non-hydrogen) atoms. The summed E-state index contributed by atoms with van der Waals surface area (Å²) in [5.41, 5.74) is 0.764. The van der Waals surface area contributed by atoms with Crippen LogP contribution in [0, 0.1) is 10.1 Å². The normalized spacial score (nSPS) is 11.8. The second-order valence-corrected chi connectivity index (χ2v) is 9.33. The van der Waals surface area contributed by atoms with E-state index in [9.17, 15) is 18.5 Å². The molecule has 0 aliphatic carbocycles. The maximum atomic E-state index is 12.7. The molecule has 142 valence electrons. The topological polar surface area (TPSA) is 94.6 Å². The van der Waals surface area contributed by atoms with Crippen molar-refractivity contribution in [2.24, 2.45) is 0 Å². The molecule has 0 saturated carbocycles. The molecule has 0 amide bonds. The summed E-state index contributed by atoms with van der Waals surface area (Å²) in [7, 11) is -3.80. The van der Waals surface area contributed by atoms with Crippen molar-refractivity contribution in [3.63, 3.8) is 0 Å². The van der Waals surface area contributed by atoms with Crippen molar-refractivity contribution in [3.05, 3.63) is 80.9 Å². The third-order valence-electron chi connectivity index (χ3n) is 4.12. The van der Waals surface area contributed by atoms with E-state index in [0.29, 0.717) is 5.56 Å². The third-order valence-corrected chi connectivity index (χ3v) is 6.87. The lowest BCUT2D eigenvalue weighted by atomic mass is 10.2. The summed E-state index contributed by atoms with van der Waals surface area (Å²) in [6.45, 7) is 0. The minimum absolute atomic E-state index is 0.0814. The Morgan fingerprint density at radius 1 is 1.18 bits per heavy atom. The molecule has 0 unspecified atom stereocenters. The first-order chi connectivity index (χ1) is 13.4. The molecule has 0 aliphatic heterocycles. The average molecular weight is 434 g/mol. The molecule has 3 heterocycles. The molecule has 0 atom stereocenters. The van der Waals surface area contributed by atoms with Crippen LogP contribution in [0.4, 0.5) is 5.82 Å². The van der Waals surface area contributed by atoms with Crippen molar-refractivity contribution in [1.29, 1.82) is 0 Å². The Bertz CT molecular complexity index is 1280. The van der Waals surface area contributed by atoms with Gasteiger partial charge in [-0.25, -0.2) is 13.4 Å². The summed E-state index contributed by atoms with van der Waals surface area (Å²) in [5, 5.41) is 13.9. The largest absolute Gasteiger partial charge is 0.358 e. The van der Waals surface area contributed by atoms with E-state index in [1.54, 1.807) is 24.3 Å². The van der Waals surface area contributed by atoms with Gasteiger partial charge in [0.05, 0.1) is 15.5 Å². The van der Waals surface area contributed by atoms with Crippen molar-refractivity contribution < 1.29 is 13.3 Å². The Morgan fingerprint density at radius 3 is 2.57 bits per heavy atom. The molecule has 3 aromatic heterocycles. The minimum atomic E-state index is -3.80. The van der Waals surface area contributed by atoms with Gasteiger partial charge in [0.25, 0.3) is 0 Å². The van der Waals surface area contributed by atoms with Crippen LogP contribution < -0.4 is 0 Å². The van der Waals surface area contributed by atoms with Crippen LogP contribution >= 0.6 is 22.9 Å². The average Bonchev–Trinajstić information content (AvgIpc) is 3.29. The summed E-state index contributed by atoms with van der Waals surface area (Å²) in [6.07, 6.45) is 1.37. The van der Waals surface area contributed by atoms with Crippen LogP contribution in [0.2, 0.25) is 5.02 Å². The Labute approximate surface area is 168 Å². The number of aromatic nitrogens is 2. The maximum absolute atomic E-state index is 12.7. The molecule has 0 radical (unpaired) electrons.